The van der Waals surface area contributed by atoms with Gasteiger partial charge in [0.2, 0.25) is 0 Å². The minimum absolute atomic E-state index is 0.139. The molecule has 2 aliphatic rings. The number of carbonyl (C=O) groups is 1. The summed E-state index contributed by atoms with van der Waals surface area (Å²) < 4.78 is 0.522. The van der Waals surface area contributed by atoms with Crippen LogP contribution in [0.15, 0.2) is 82.9 Å². The number of likely N-dealkylation sites (N-methyl/N-ethyl adjacent to an activating group) is 1. The third kappa shape index (κ3) is 3.60. The molecular formula is C24H19N3O2S2. The van der Waals surface area contributed by atoms with E-state index in [1.807, 2.05) is 24.3 Å². The number of phenolic OH excluding ortho intramolecular Hbond substituents is 1. The number of para-hydroxylation sites is 1. The Morgan fingerprint density at radius 2 is 1.84 bits per heavy atom. The molecule has 1 amide bonds. The van der Waals surface area contributed by atoms with E-state index in [4.69, 9.17) is 17.3 Å². The van der Waals surface area contributed by atoms with Crippen molar-refractivity contribution in [3.63, 3.8) is 0 Å². The van der Waals surface area contributed by atoms with Crippen LogP contribution in [0.1, 0.15) is 23.6 Å². The molecule has 0 aliphatic carbocycles. The van der Waals surface area contributed by atoms with E-state index >= 15 is 0 Å². The van der Waals surface area contributed by atoms with Gasteiger partial charge in [0.1, 0.15) is 10.1 Å². The number of carbonyl (C=O) groups excluding carboxylic acids is 1. The molecule has 2 aliphatic heterocycles. The van der Waals surface area contributed by atoms with Gasteiger partial charge in [-0.15, -0.1) is 0 Å². The number of fused-ring (bicyclic) bond motifs is 1. The fourth-order valence-electron chi connectivity index (χ4n) is 3.87. The number of hydrogen-bond acceptors (Lipinski definition) is 6. The highest BCUT2D eigenvalue weighted by Crippen LogP contribution is 2.39. The smallest absolute Gasteiger partial charge is 0.267 e. The molecule has 154 valence electrons. The number of nitrogens with zero attached hydrogens (tertiary/aromatic N) is 3. The average Bonchev–Trinajstić information content (AvgIpc) is 3.30. The molecule has 3 aromatic carbocycles. The lowest BCUT2D eigenvalue weighted by Gasteiger charge is -2.21. The Bertz CT molecular complexity index is 1280. The molecule has 1 N–H and O–H groups in total. The van der Waals surface area contributed by atoms with Crippen molar-refractivity contribution >= 4 is 50.7 Å². The molecule has 7 heteroatoms. The zero-order valence-corrected chi connectivity index (χ0v) is 18.4. The van der Waals surface area contributed by atoms with Gasteiger partial charge in [0.25, 0.3) is 5.91 Å². The molecule has 0 radical (unpaired) electrons. The number of thiocarbonyl (C=S) groups is 1. The maximum atomic E-state index is 12.5. The first kappa shape index (κ1) is 19.8. The van der Waals surface area contributed by atoms with Gasteiger partial charge in [-0.25, -0.2) is 0 Å². The van der Waals surface area contributed by atoms with Gasteiger partial charge in [-0.1, -0.05) is 78.6 Å². The van der Waals surface area contributed by atoms with Crippen LogP contribution in [0.4, 0.5) is 0 Å². The number of thioether (sulfide) groups is 1. The lowest BCUT2D eigenvalue weighted by Crippen LogP contribution is -2.23. The molecule has 0 bridgehead atoms. The van der Waals surface area contributed by atoms with Crippen molar-refractivity contribution in [1.29, 1.82) is 0 Å². The quantitative estimate of drug-likeness (QED) is 0.453. The van der Waals surface area contributed by atoms with E-state index < -0.39 is 0 Å². The molecule has 0 spiro atoms. The second-order valence-electron chi connectivity index (χ2n) is 7.49. The van der Waals surface area contributed by atoms with Crippen LogP contribution in [-0.2, 0) is 4.79 Å². The van der Waals surface area contributed by atoms with Gasteiger partial charge in [-0.3, -0.25) is 14.7 Å². The lowest BCUT2D eigenvalue weighted by atomic mass is 9.96. The summed E-state index contributed by atoms with van der Waals surface area (Å²) in [5.74, 6) is 0.0734. The largest absolute Gasteiger partial charge is 0.508 e. The summed E-state index contributed by atoms with van der Waals surface area (Å²) in [5, 5.41) is 19.4. The van der Waals surface area contributed by atoms with Crippen LogP contribution >= 0.6 is 24.0 Å². The number of rotatable bonds is 3. The number of aromatic hydroxyl groups is 1. The van der Waals surface area contributed by atoms with Gasteiger partial charge in [0.15, 0.2) is 0 Å². The van der Waals surface area contributed by atoms with Crippen LogP contribution in [0, 0.1) is 0 Å². The predicted octanol–water partition coefficient (Wildman–Crippen LogP) is 5.03. The number of phenols is 1. The van der Waals surface area contributed by atoms with E-state index in [0.29, 0.717) is 15.6 Å². The molecule has 1 saturated heterocycles. The second-order valence-corrected chi connectivity index (χ2v) is 9.17. The minimum Gasteiger partial charge on any atom is -0.508 e. The van der Waals surface area contributed by atoms with E-state index in [1.54, 1.807) is 30.4 Å². The maximum Gasteiger partial charge on any atom is 0.267 e. The lowest BCUT2D eigenvalue weighted by molar-refractivity contribution is -0.121. The minimum atomic E-state index is -0.219. The normalized spacial score (nSPS) is 20.2. The zero-order chi connectivity index (χ0) is 21.5. The molecule has 1 unspecified atom stereocenters. The summed E-state index contributed by atoms with van der Waals surface area (Å²) in [6.45, 7) is 0. The Morgan fingerprint density at radius 1 is 1.10 bits per heavy atom. The first-order valence-corrected chi connectivity index (χ1v) is 11.1. The Hall–Kier alpha value is -3.16. The highest BCUT2D eigenvalue weighted by atomic mass is 32.2. The van der Waals surface area contributed by atoms with Gasteiger partial charge in [0.05, 0.1) is 16.7 Å². The van der Waals surface area contributed by atoms with Crippen molar-refractivity contribution in [3.05, 3.63) is 89.0 Å². The Kier molecular flexibility index (Phi) is 5.00. The van der Waals surface area contributed by atoms with Crippen molar-refractivity contribution in [1.82, 2.24) is 9.91 Å². The van der Waals surface area contributed by atoms with E-state index in [0.717, 1.165) is 22.2 Å². The van der Waals surface area contributed by atoms with Crippen LogP contribution in [0.2, 0.25) is 0 Å². The first-order valence-electron chi connectivity index (χ1n) is 9.86. The summed E-state index contributed by atoms with van der Waals surface area (Å²) in [7, 11) is 1.67. The highest BCUT2D eigenvalue weighted by molar-refractivity contribution is 8.26. The van der Waals surface area contributed by atoms with Crippen molar-refractivity contribution < 1.29 is 9.90 Å². The Balaban J connectivity index is 1.57. The van der Waals surface area contributed by atoms with Crippen molar-refractivity contribution in [2.45, 2.75) is 12.5 Å². The topological polar surface area (TPSA) is 56.1 Å². The van der Waals surface area contributed by atoms with Crippen molar-refractivity contribution in [2.75, 3.05) is 7.05 Å². The fraction of sp³-hybridized carbons (Fsp3) is 0.125. The van der Waals surface area contributed by atoms with E-state index in [-0.39, 0.29) is 17.7 Å². The number of hydrogen-bond donors (Lipinski definition) is 1. The van der Waals surface area contributed by atoms with Gasteiger partial charge >= 0.3 is 0 Å². The van der Waals surface area contributed by atoms with Gasteiger partial charge in [-0.05, 0) is 28.5 Å². The van der Waals surface area contributed by atoms with Crippen LogP contribution < -0.4 is 0 Å². The summed E-state index contributed by atoms with van der Waals surface area (Å²) in [6, 6.07) is 21.5. The number of amides is 1. The summed E-state index contributed by atoms with van der Waals surface area (Å²) in [4.78, 5) is 14.5. The Morgan fingerprint density at radius 3 is 2.58 bits per heavy atom. The molecule has 3 aromatic rings. The van der Waals surface area contributed by atoms with Crippen LogP contribution in [-0.4, -0.2) is 38.0 Å². The molecule has 5 rings (SSSR count). The van der Waals surface area contributed by atoms with E-state index in [1.165, 1.54) is 22.0 Å². The highest BCUT2D eigenvalue weighted by Gasteiger charge is 2.34. The molecule has 31 heavy (non-hydrogen) atoms. The molecule has 0 aromatic heterocycles. The second kappa shape index (κ2) is 7.83. The average molecular weight is 446 g/mol. The molecule has 5 nitrogen and oxygen atoms in total. The summed E-state index contributed by atoms with van der Waals surface area (Å²) >= 11 is 6.52. The molecule has 1 atom stereocenters. The number of benzene rings is 3. The molecule has 0 saturated carbocycles. The fourth-order valence-corrected chi connectivity index (χ4v) is 5.01. The molecule has 2 heterocycles. The van der Waals surface area contributed by atoms with E-state index in [2.05, 4.69) is 30.3 Å². The van der Waals surface area contributed by atoms with Crippen molar-refractivity contribution in [3.8, 4) is 5.75 Å². The third-order valence-electron chi connectivity index (χ3n) is 5.56. The SMILES string of the molecule is CN1C(=O)/C(=C/N2N=C(c3ccc4ccccc4c3)CC2c2ccccc2O)SC1=S. The van der Waals surface area contributed by atoms with Gasteiger partial charge in [0, 0.05) is 25.2 Å². The summed E-state index contributed by atoms with van der Waals surface area (Å²) in [5.41, 5.74) is 2.70. The zero-order valence-electron chi connectivity index (χ0n) is 16.7. The predicted molar refractivity (Wildman–Crippen MR) is 129 cm³/mol. The number of hydrazone groups is 1. The monoisotopic (exact) mass is 445 g/mol. The maximum absolute atomic E-state index is 12.5. The van der Waals surface area contributed by atoms with Crippen LogP contribution in [0.3, 0.4) is 0 Å². The van der Waals surface area contributed by atoms with Crippen LogP contribution in [0.25, 0.3) is 10.8 Å². The standard InChI is InChI=1S/C24H19N3O2S2/c1-26-23(29)22(31-24(26)30)14-27-20(18-8-4-5-9-21(18)28)13-19(25-27)17-11-10-15-6-2-3-7-16(15)12-17/h2-12,14,20,28H,13H2,1H3/b22-14-. The first-order chi connectivity index (χ1) is 15.0. The summed E-state index contributed by atoms with van der Waals surface area (Å²) in [6.07, 6.45) is 2.35. The van der Waals surface area contributed by atoms with Gasteiger partial charge in [-0.2, -0.15) is 5.10 Å². The van der Waals surface area contributed by atoms with E-state index in [9.17, 15) is 9.90 Å². The van der Waals surface area contributed by atoms with Crippen LogP contribution in [0.5, 0.6) is 5.75 Å². The van der Waals surface area contributed by atoms with Crippen molar-refractivity contribution in [2.24, 2.45) is 5.10 Å². The Labute approximate surface area is 189 Å². The molecule has 1 fully saturated rings. The van der Waals surface area contributed by atoms with Gasteiger partial charge < -0.3 is 5.11 Å². The third-order valence-corrected chi connectivity index (χ3v) is 7.03. The molecular weight excluding hydrogens is 426 g/mol.